The zero-order chi connectivity index (χ0) is 11.5. The normalized spacial score (nSPS) is 10.1. The summed E-state index contributed by atoms with van der Waals surface area (Å²) in [5.41, 5.74) is 5.22. The summed E-state index contributed by atoms with van der Waals surface area (Å²) in [5.74, 6) is 1.41. The van der Waals surface area contributed by atoms with Crippen LogP contribution in [0.15, 0.2) is 24.8 Å². The van der Waals surface area contributed by atoms with Gasteiger partial charge in [-0.25, -0.2) is 35.0 Å². The number of carbonyl (C=O) groups excluding carboxylic acids is 1. The molecule has 0 radical (unpaired) electrons. The van der Waals surface area contributed by atoms with Crippen LogP contribution in [0.5, 0.6) is 0 Å². The molecule has 0 saturated heterocycles. The number of amides is 2. The van der Waals surface area contributed by atoms with Crippen molar-refractivity contribution >= 4 is 6.03 Å². The molecule has 0 atom stereocenters. The van der Waals surface area contributed by atoms with E-state index in [2.05, 4.69) is 20.8 Å². The van der Waals surface area contributed by atoms with E-state index in [1.807, 2.05) is 0 Å². The van der Waals surface area contributed by atoms with Gasteiger partial charge in [-0.15, -0.1) is 0 Å². The predicted molar refractivity (Wildman–Crippen MR) is 58.0 cm³/mol. The van der Waals surface area contributed by atoms with Crippen LogP contribution < -0.4 is 10.9 Å². The van der Waals surface area contributed by atoms with E-state index in [1.54, 1.807) is 38.6 Å². The maximum absolute atomic E-state index is 11.6. The van der Waals surface area contributed by atoms with Crippen molar-refractivity contribution in [3.8, 4) is 0 Å². The molecule has 0 bridgehead atoms. The van der Waals surface area contributed by atoms with Gasteiger partial charge in [-0.2, -0.15) is 0 Å². The minimum Gasteiger partial charge on any atom is -0.245 e. The number of aromatic nitrogens is 4. The van der Waals surface area contributed by atoms with E-state index < -0.39 is 0 Å². The number of carbonyl (C=O) groups is 1. The summed E-state index contributed by atoms with van der Waals surface area (Å²) < 4.78 is 3.06. The lowest BCUT2D eigenvalue weighted by molar-refractivity contribution is 0.257. The lowest BCUT2D eigenvalue weighted by atomic mass is 10.7. The van der Waals surface area contributed by atoms with Crippen LogP contribution in [0.2, 0.25) is 0 Å². The van der Waals surface area contributed by atoms with Gasteiger partial charge in [0, 0.05) is 24.8 Å². The Kier molecular flexibility index (Phi) is 2.59. The highest BCUT2D eigenvalue weighted by Crippen LogP contribution is 1.93. The van der Waals surface area contributed by atoms with Crippen molar-refractivity contribution in [3.63, 3.8) is 0 Å². The molecule has 0 aromatic carbocycles. The molecule has 0 aliphatic rings. The maximum atomic E-state index is 11.6. The van der Waals surface area contributed by atoms with Crippen molar-refractivity contribution in [3.05, 3.63) is 36.4 Å². The minimum absolute atomic E-state index is 0.359. The third-order valence-electron chi connectivity index (χ3n) is 2.10. The molecule has 0 aliphatic heterocycles. The second-order valence-corrected chi connectivity index (χ2v) is 3.24. The first-order chi connectivity index (χ1) is 7.66. The highest BCUT2D eigenvalue weighted by Gasteiger charge is 2.04. The number of nitrogens with zero attached hydrogens (tertiary/aromatic N) is 4. The zero-order valence-corrected chi connectivity index (χ0v) is 9.01. The molecular weight excluding hydrogens is 208 g/mol. The number of rotatable bonds is 2. The van der Waals surface area contributed by atoms with Crippen LogP contribution in [0.25, 0.3) is 0 Å². The van der Waals surface area contributed by atoms with E-state index in [9.17, 15) is 4.79 Å². The Balaban J connectivity index is 2.00. The van der Waals surface area contributed by atoms with Gasteiger partial charge in [0.1, 0.15) is 11.6 Å². The summed E-state index contributed by atoms with van der Waals surface area (Å²) in [6, 6.07) is -0.359. The largest absolute Gasteiger partial charge is 0.353 e. The molecule has 84 valence electrons. The van der Waals surface area contributed by atoms with Crippen molar-refractivity contribution in [2.24, 2.45) is 0 Å². The topological polar surface area (TPSA) is 76.8 Å². The lowest BCUT2D eigenvalue weighted by Crippen LogP contribution is -2.33. The molecule has 2 aromatic heterocycles. The monoisotopic (exact) mass is 220 g/mol. The summed E-state index contributed by atoms with van der Waals surface area (Å²) in [5, 5.41) is 0. The predicted octanol–water partition coefficient (Wildman–Crippen LogP) is 0.604. The smallest absolute Gasteiger partial charge is 0.245 e. The second-order valence-electron chi connectivity index (χ2n) is 3.24. The number of imidazole rings is 2. The van der Waals surface area contributed by atoms with Gasteiger partial charge in [-0.1, -0.05) is 0 Å². The van der Waals surface area contributed by atoms with Gasteiger partial charge < -0.3 is 0 Å². The number of aryl methyl sites for hydroxylation is 2. The molecule has 7 heteroatoms. The summed E-state index contributed by atoms with van der Waals surface area (Å²) >= 11 is 0. The van der Waals surface area contributed by atoms with Crippen LogP contribution in [-0.2, 0) is 0 Å². The molecule has 0 aliphatic carbocycles. The van der Waals surface area contributed by atoms with Crippen molar-refractivity contribution in [1.82, 2.24) is 19.3 Å². The van der Waals surface area contributed by atoms with E-state index in [1.165, 1.54) is 9.35 Å². The van der Waals surface area contributed by atoms with Crippen LogP contribution in [0.4, 0.5) is 4.79 Å². The quantitative estimate of drug-likeness (QED) is 0.778. The molecule has 16 heavy (non-hydrogen) atoms. The third kappa shape index (κ3) is 2.02. The van der Waals surface area contributed by atoms with Crippen LogP contribution in [0.1, 0.15) is 11.6 Å². The van der Waals surface area contributed by atoms with Crippen molar-refractivity contribution < 1.29 is 4.79 Å². The highest BCUT2D eigenvalue weighted by molar-refractivity contribution is 5.88. The van der Waals surface area contributed by atoms with Gasteiger partial charge in [0.15, 0.2) is 0 Å². The van der Waals surface area contributed by atoms with Crippen LogP contribution >= 0.6 is 0 Å². The van der Waals surface area contributed by atoms with Crippen molar-refractivity contribution in [2.75, 3.05) is 10.9 Å². The Morgan fingerprint density at radius 3 is 1.81 bits per heavy atom. The zero-order valence-electron chi connectivity index (χ0n) is 9.01. The van der Waals surface area contributed by atoms with E-state index in [0.717, 1.165) is 0 Å². The molecule has 2 rings (SSSR count). The molecule has 2 heterocycles. The van der Waals surface area contributed by atoms with E-state index >= 15 is 0 Å². The van der Waals surface area contributed by atoms with Gasteiger partial charge in [0.25, 0.3) is 0 Å². The number of urea groups is 1. The van der Waals surface area contributed by atoms with E-state index in [-0.39, 0.29) is 6.03 Å². The van der Waals surface area contributed by atoms with Crippen molar-refractivity contribution in [1.29, 1.82) is 0 Å². The first-order valence-electron chi connectivity index (χ1n) is 4.75. The van der Waals surface area contributed by atoms with Crippen LogP contribution in [-0.4, -0.2) is 25.4 Å². The van der Waals surface area contributed by atoms with E-state index in [4.69, 9.17) is 0 Å². The first kappa shape index (κ1) is 10.2. The van der Waals surface area contributed by atoms with Gasteiger partial charge in [0.05, 0.1) is 0 Å². The summed E-state index contributed by atoms with van der Waals surface area (Å²) in [4.78, 5) is 19.5. The molecule has 2 N–H and O–H groups in total. The van der Waals surface area contributed by atoms with Gasteiger partial charge in [0.2, 0.25) is 0 Å². The molecule has 0 fully saturated rings. The van der Waals surface area contributed by atoms with Crippen LogP contribution in [0.3, 0.4) is 0 Å². The summed E-state index contributed by atoms with van der Waals surface area (Å²) in [7, 11) is 0. The highest BCUT2D eigenvalue weighted by atomic mass is 16.2. The summed E-state index contributed by atoms with van der Waals surface area (Å²) in [6.45, 7) is 3.59. The lowest BCUT2D eigenvalue weighted by Gasteiger charge is -2.10. The molecule has 2 amide bonds. The first-order valence-corrected chi connectivity index (χ1v) is 4.75. The molecule has 7 nitrogen and oxygen atoms in total. The molecular formula is C9H12N6O. The molecule has 0 saturated carbocycles. The Hall–Kier alpha value is -2.31. The molecule has 2 aromatic rings. The number of nitrogens with one attached hydrogen (secondary N) is 2. The third-order valence-corrected chi connectivity index (χ3v) is 2.10. The SMILES string of the molecule is Cc1nccn1NC(=O)Nn1ccnc1C. The number of hydrogen-bond acceptors (Lipinski definition) is 3. The average molecular weight is 220 g/mol. The van der Waals surface area contributed by atoms with Gasteiger partial charge in [-0.05, 0) is 13.8 Å². The fraction of sp³-hybridized carbons (Fsp3) is 0.222. The number of hydrogen-bond donors (Lipinski definition) is 2. The fourth-order valence-electron chi connectivity index (χ4n) is 1.24. The minimum atomic E-state index is -0.359. The average Bonchev–Trinajstić information content (AvgIpc) is 2.79. The Morgan fingerprint density at radius 1 is 1.06 bits per heavy atom. The van der Waals surface area contributed by atoms with Crippen molar-refractivity contribution in [2.45, 2.75) is 13.8 Å². The van der Waals surface area contributed by atoms with Gasteiger partial charge >= 0.3 is 6.03 Å². The second kappa shape index (κ2) is 4.05. The fourth-order valence-corrected chi connectivity index (χ4v) is 1.24. The Bertz CT molecular complexity index is 455. The molecule has 0 unspecified atom stereocenters. The Labute approximate surface area is 92.1 Å². The molecule has 0 spiro atoms. The standard InChI is InChI=1S/C9H12N6O/c1-7-10-3-5-14(7)12-9(16)13-15-6-4-11-8(15)2/h3-6H,1-2H3,(H2,12,13,16). The van der Waals surface area contributed by atoms with E-state index in [0.29, 0.717) is 11.6 Å². The summed E-state index contributed by atoms with van der Waals surface area (Å²) in [6.07, 6.45) is 6.54. The van der Waals surface area contributed by atoms with Gasteiger partial charge in [-0.3, -0.25) is 0 Å². The Morgan fingerprint density at radius 2 is 1.50 bits per heavy atom. The van der Waals surface area contributed by atoms with Crippen LogP contribution in [0, 0.1) is 13.8 Å². The maximum Gasteiger partial charge on any atom is 0.353 e.